The molecule has 0 amide bonds. The molecular formula is C16H24B2O6. The molecule has 0 aromatic heterocycles. The van der Waals surface area contributed by atoms with Crippen LogP contribution in [0, 0.1) is 10.8 Å². The number of rotatable bonds is 4. The molecular weight excluding hydrogens is 310 g/mol. The topological polar surface area (TPSA) is 93.1 Å². The van der Waals surface area contributed by atoms with Crippen molar-refractivity contribution >= 4 is 37.1 Å². The van der Waals surface area contributed by atoms with E-state index in [9.17, 15) is 19.6 Å². The Bertz CT molecular complexity index is 573. The number of hydrogen-bond donors (Lipinski definition) is 2. The summed E-state index contributed by atoms with van der Waals surface area (Å²) in [4.78, 5) is 24.4. The van der Waals surface area contributed by atoms with Gasteiger partial charge in [0.2, 0.25) is 0 Å². The lowest BCUT2D eigenvalue weighted by Gasteiger charge is -2.24. The van der Waals surface area contributed by atoms with E-state index >= 15 is 0 Å². The summed E-state index contributed by atoms with van der Waals surface area (Å²) >= 11 is 0. The molecule has 0 aliphatic heterocycles. The first-order valence-electron chi connectivity index (χ1n) is 7.70. The zero-order valence-electron chi connectivity index (χ0n) is 15.0. The second kappa shape index (κ2) is 7.40. The van der Waals surface area contributed by atoms with Crippen molar-refractivity contribution in [3.8, 4) is 0 Å². The molecule has 0 aliphatic carbocycles. The minimum Gasteiger partial charge on any atom is -0.495 e. The van der Waals surface area contributed by atoms with Crippen molar-refractivity contribution in [3.63, 3.8) is 0 Å². The Morgan fingerprint density at radius 2 is 1.29 bits per heavy atom. The molecule has 1 aromatic rings. The van der Waals surface area contributed by atoms with Crippen molar-refractivity contribution in [2.24, 2.45) is 10.8 Å². The summed E-state index contributed by atoms with van der Waals surface area (Å²) in [7, 11) is -2.94. The number of benzene rings is 1. The van der Waals surface area contributed by atoms with E-state index in [1.54, 1.807) is 53.7 Å². The highest BCUT2D eigenvalue weighted by molar-refractivity contribution is 6.66. The van der Waals surface area contributed by atoms with Crippen molar-refractivity contribution in [2.75, 3.05) is 0 Å². The molecule has 24 heavy (non-hydrogen) atoms. The highest BCUT2D eigenvalue weighted by atomic mass is 16.6. The van der Waals surface area contributed by atoms with E-state index in [1.165, 1.54) is 12.1 Å². The Kier molecular flexibility index (Phi) is 6.25. The molecule has 0 bridgehead atoms. The summed E-state index contributed by atoms with van der Waals surface area (Å²) in [6.45, 7) is 10.1. The first kappa shape index (κ1) is 20.3. The molecule has 0 radical (unpaired) electrons. The van der Waals surface area contributed by atoms with E-state index in [0.29, 0.717) is 5.46 Å². The van der Waals surface area contributed by atoms with Crippen molar-refractivity contribution in [2.45, 2.75) is 41.5 Å². The lowest BCUT2D eigenvalue weighted by Crippen LogP contribution is -2.46. The summed E-state index contributed by atoms with van der Waals surface area (Å²) in [5.41, 5.74) is -1.01. The maximum Gasteiger partial charge on any atom is 0.636 e. The van der Waals surface area contributed by atoms with Gasteiger partial charge in [0.1, 0.15) is 0 Å². The molecule has 0 heterocycles. The van der Waals surface area contributed by atoms with Crippen LogP contribution in [0.2, 0.25) is 0 Å². The summed E-state index contributed by atoms with van der Waals surface area (Å²) < 4.78 is 10.7. The Morgan fingerprint density at radius 1 is 0.875 bits per heavy atom. The molecule has 0 unspecified atom stereocenters. The summed E-state index contributed by atoms with van der Waals surface area (Å²) in [6.07, 6.45) is 0. The monoisotopic (exact) mass is 334 g/mol. The van der Waals surface area contributed by atoms with Gasteiger partial charge in [0.15, 0.2) is 0 Å². The van der Waals surface area contributed by atoms with Gasteiger partial charge >= 0.3 is 14.2 Å². The fourth-order valence-corrected chi connectivity index (χ4v) is 1.57. The van der Waals surface area contributed by atoms with Crippen LogP contribution in [0.3, 0.4) is 0 Å². The van der Waals surface area contributed by atoms with Crippen LogP contribution in [0.5, 0.6) is 0 Å². The molecule has 0 fully saturated rings. The van der Waals surface area contributed by atoms with Crippen molar-refractivity contribution in [3.05, 3.63) is 24.3 Å². The van der Waals surface area contributed by atoms with E-state index in [4.69, 9.17) is 9.31 Å². The zero-order chi connectivity index (χ0) is 18.7. The van der Waals surface area contributed by atoms with Crippen LogP contribution in [0.25, 0.3) is 0 Å². The number of carbonyl (C=O) groups is 2. The smallest absolute Gasteiger partial charge is 0.495 e. The molecule has 8 heteroatoms. The quantitative estimate of drug-likeness (QED) is 0.767. The van der Waals surface area contributed by atoms with Crippen LogP contribution in [-0.4, -0.2) is 36.2 Å². The fourth-order valence-electron chi connectivity index (χ4n) is 1.57. The molecule has 6 nitrogen and oxygen atoms in total. The van der Waals surface area contributed by atoms with Crippen LogP contribution < -0.4 is 10.9 Å². The Morgan fingerprint density at radius 3 is 1.67 bits per heavy atom. The van der Waals surface area contributed by atoms with E-state index in [-0.39, 0.29) is 5.46 Å². The Balaban J connectivity index is 3.15. The minimum absolute atomic E-state index is 0.205. The van der Waals surface area contributed by atoms with Crippen LogP contribution in [0.15, 0.2) is 24.3 Å². The largest absolute Gasteiger partial charge is 0.636 e. The maximum absolute atomic E-state index is 12.2. The predicted octanol–water partition coefficient (Wildman–Crippen LogP) is 0.240. The molecule has 0 saturated carbocycles. The molecule has 0 aliphatic rings. The average Bonchev–Trinajstić information content (AvgIpc) is 2.44. The third-order valence-corrected chi connectivity index (χ3v) is 3.13. The first-order valence-corrected chi connectivity index (χ1v) is 7.70. The van der Waals surface area contributed by atoms with Gasteiger partial charge in [-0.05, 0) is 47.0 Å². The second-order valence-corrected chi connectivity index (χ2v) is 7.69. The highest BCUT2D eigenvalue weighted by Crippen LogP contribution is 2.19. The Labute approximate surface area is 143 Å². The normalized spacial score (nSPS) is 11.7. The zero-order valence-corrected chi connectivity index (χ0v) is 15.0. The maximum atomic E-state index is 12.2. The average molecular weight is 334 g/mol. The van der Waals surface area contributed by atoms with Gasteiger partial charge < -0.3 is 19.4 Å². The van der Waals surface area contributed by atoms with Crippen LogP contribution in [0.1, 0.15) is 41.5 Å². The van der Waals surface area contributed by atoms with Crippen molar-refractivity contribution in [1.82, 2.24) is 0 Å². The van der Waals surface area contributed by atoms with Crippen LogP contribution in [-0.2, 0) is 18.9 Å². The van der Waals surface area contributed by atoms with Crippen LogP contribution in [0.4, 0.5) is 0 Å². The predicted molar refractivity (Wildman–Crippen MR) is 92.7 cm³/mol. The molecule has 0 atom stereocenters. The van der Waals surface area contributed by atoms with Gasteiger partial charge in [0, 0.05) is 5.46 Å². The molecule has 2 N–H and O–H groups in total. The van der Waals surface area contributed by atoms with E-state index in [0.717, 1.165) is 0 Å². The highest BCUT2D eigenvalue weighted by Gasteiger charge is 2.38. The second-order valence-electron chi connectivity index (χ2n) is 7.69. The molecule has 1 rings (SSSR count). The molecule has 0 spiro atoms. The summed E-state index contributed by atoms with van der Waals surface area (Å²) in [5.74, 6) is -1.08. The first-order chi connectivity index (χ1) is 10.8. The molecule has 0 saturated heterocycles. The number of hydrogen-bond acceptors (Lipinski definition) is 6. The van der Waals surface area contributed by atoms with Gasteiger partial charge in [0.25, 0.3) is 11.9 Å². The van der Waals surface area contributed by atoms with E-state index in [2.05, 4.69) is 0 Å². The lowest BCUT2D eigenvalue weighted by atomic mass is 9.72. The van der Waals surface area contributed by atoms with Gasteiger partial charge in [-0.25, -0.2) is 0 Å². The van der Waals surface area contributed by atoms with Crippen molar-refractivity contribution < 1.29 is 28.9 Å². The number of carbonyl (C=O) groups excluding carboxylic acids is 2. The van der Waals surface area contributed by atoms with Gasteiger partial charge in [0.05, 0.1) is 10.8 Å². The van der Waals surface area contributed by atoms with E-state index < -0.39 is 37.0 Å². The van der Waals surface area contributed by atoms with Gasteiger partial charge in [-0.1, -0.05) is 24.3 Å². The van der Waals surface area contributed by atoms with Crippen molar-refractivity contribution in [1.29, 1.82) is 0 Å². The summed E-state index contributed by atoms with van der Waals surface area (Å²) in [5, 5.41) is 18.6. The van der Waals surface area contributed by atoms with Gasteiger partial charge in [-0.2, -0.15) is 0 Å². The van der Waals surface area contributed by atoms with E-state index in [1.807, 2.05) is 0 Å². The minimum atomic E-state index is -1.68. The third-order valence-electron chi connectivity index (χ3n) is 3.13. The molecule has 1 aromatic carbocycles. The SMILES string of the molecule is CC(C)(C)C(=O)OB(OC(=O)C(C)(C)C)c1cccc(B(O)O)c1. The van der Waals surface area contributed by atoms with Gasteiger partial charge in [-0.3, -0.25) is 9.59 Å². The lowest BCUT2D eigenvalue weighted by molar-refractivity contribution is -0.149. The summed E-state index contributed by atoms with van der Waals surface area (Å²) in [6, 6.07) is 6.07. The third kappa shape index (κ3) is 5.69. The standard InChI is InChI=1S/C16H24B2O6/c1-15(2,3)13(19)23-18(24-14(20)16(4,5)6)12-9-7-8-11(10-12)17(21)22/h7-10,21-22H,1-6H3. The molecule has 130 valence electrons. The Hall–Kier alpha value is -1.79. The van der Waals surface area contributed by atoms with Crippen LogP contribution >= 0.6 is 0 Å². The fraction of sp³-hybridized carbons (Fsp3) is 0.500. The van der Waals surface area contributed by atoms with Gasteiger partial charge in [-0.15, -0.1) is 0 Å².